The number of hydrogen-bond acceptors (Lipinski definition) is 4. The molecule has 158 valence electrons. The molecule has 1 saturated heterocycles. The minimum Gasteiger partial charge on any atom is -0.493 e. The summed E-state index contributed by atoms with van der Waals surface area (Å²) >= 11 is 0. The fourth-order valence-electron chi connectivity index (χ4n) is 3.96. The summed E-state index contributed by atoms with van der Waals surface area (Å²) in [6, 6.07) is 6.75. The first-order chi connectivity index (χ1) is 13.4. The van der Waals surface area contributed by atoms with E-state index < -0.39 is 0 Å². The molecular weight excluding hydrogens is 352 g/mol. The van der Waals surface area contributed by atoms with Gasteiger partial charge in [-0.3, -0.25) is 9.89 Å². The Morgan fingerprint density at radius 2 is 2.00 bits per heavy atom. The summed E-state index contributed by atoms with van der Waals surface area (Å²) in [5, 5.41) is 3.57. The Morgan fingerprint density at radius 1 is 1.29 bits per heavy atom. The van der Waals surface area contributed by atoms with Crippen LogP contribution in [0.1, 0.15) is 39.2 Å². The highest BCUT2D eigenvalue weighted by molar-refractivity contribution is 5.79. The molecule has 1 aromatic rings. The quantitative estimate of drug-likeness (QED) is 0.546. The van der Waals surface area contributed by atoms with Crippen molar-refractivity contribution in [3.05, 3.63) is 23.8 Å². The van der Waals surface area contributed by atoms with Gasteiger partial charge in [0.05, 0.1) is 14.2 Å². The minimum absolute atomic E-state index is 0.0842. The first kappa shape index (κ1) is 22.3. The zero-order valence-electron chi connectivity index (χ0n) is 18.7. The van der Waals surface area contributed by atoms with Crippen LogP contribution in [-0.4, -0.2) is 76.3 Å². The second-order valence-corrected chi connectivity index (χ2v) is 8.16. The fraction of sp³-hybridized carbons (Fsp3) is 0.682. The van der Waals surface area contributed by atoms with Gasteiger partial charge in [0.25, 0.3) is 0 Å². The number of guanidine groups is 1. The van der Waals surface area contributed by atoms with Crippen molar-refractivity contribution in [3.8, 4) is 11.5 Å². The second kappa shape index (κ2) is 10.0. The van der Waals surface area contributed by atoms with Crippen molar-refractivity contribution in [3.63, 3.8) is 0 Å². The number of nitrogens with one attached hydrogen (secondary N) is 1. The summed E-state index contributed by atoms with van der Waals surface area (Å²) < 4.78 is 10.8. The van der Waals surface area contributed by atoms with Gasteiger partial charge < -0.3 is 19.7 Å². The minimum atomic E-state index is -0.0842. The lowest BCUT2D eigenvalue weighted by atomic mass is 9.84. The van der Waals surface area contributed by atoms with E-state index in [9.17, 15) is 0 Å². The molecule has 28 heavy (non-hydrogen) atoms. The number of hydrogen-bond donors (Lipinski definition) is 1. The van der Waals surface area contributed by atoms with Crippen LogP contribution in [0, 0.1) is 0 Å². The average Bonchev–Trinajstić information content (AvgIpc) is 3.14. The van der Waals surface area contributed by atoms with Crippen LogP contribution in [0.4, 0.5) is 0 Å². The number of aliphatic imine (C=N–C) groups is 1. The summed E-state index contributed by atoms with van der Waals surface area (Å²) in [5.74, 6) is 2.45. The Morgan fingerprint density at radius 3 is 2.61 bits per heavy atom. The third-order valence-corrected chi connectivity index (χ3v) is 5.82. The summed E-state index contributed by atoms with van der Waals surface area (Å²) in [6.45, 7) is 10.8. The van der Waals surface area contributed by atoms with Crippen LogP contribution >= 0.6 is 0 Å². The Bertz CT molecular complexity index is 660. The number of nitrogens with zero attached hydrogens (tertiary/aromatic N) is 3. The highest BCUT2D eigenvalue weighted by atomic mass is 16.5. The fourth-order valence-corrected chi connectivity index (χ4v) is 3.96. The molecule has 0 aliphatic carbocycles. The number of benzene rings is 1. The number of likely N-dealkylation sites (tertiary alicyclic amines) is 1. The van der Waals surface area contributed by atoms with E-state index in [2.05, 4.69) is 60.1 Å². The molecular formula is C22H38N4O2. The molecule has 1 aliphatic rings. The molecule has 1 aromatic carbocycles. The molecule has 6 heteroatoms. The van der Waals surface area contributed by atoms with Gasteiger partial charge in [-0.2, -0.15) is 0 Å². The molecule has 0 saturated carbocycles. The van der Waals surface area contributed by atoms with Gasteiger partial charge in [-0.15, -0.1) is 0 Å². The smallest absolute Gasteiger partial charge is 0.193 e. The van der Waals surface area contributed by atoms with E-state index in [1.54, 1.807) is 14.2 Å². The third kappa shape index (κ3) is 5.31. The van der Waals surface area contributed by atoms with Gasteiger partial charge in [-0.05, 0) is 43.6 Å². The highest BCUT2D eigenvalue weighted by Gasteiger charge is 2.26. The van der Waals surface area contributed by atoms with Crippen LogP contribution in [0.5, 0.6) is 11.5 Å². The topological polar surface area (TPSA) is 49.3 Å². The van der Waals surface area contributed by atoms with Crippen LogP contribution in [0.15, 0.2) is 23.2 Å². The van der Waals surface area contributed by atoms with Crippen LogP contribution in [0.2, 0.25) is 0 Å². The van der Waals surface area contributed by atoms with Crippen LogP contribution in [0.25, 0.3) is 0 Å². The third-order valence-electron chi connectivity index (χ3n) is 5.82. The lowest BCUT2D eigenvalue weighted by Crippen LogP contribution is -2.48. The van der Waals surface area contributed by atoms with Gasteiger partial charge >= 0.3 is 0 Å². The molecule has 1 heterocycles. The summed E-state index contributed by atoms with van der Waals surface area (Å²) in [6.07, 6.45) is 2.57. The zero-order valence-corrected chi connectivity index (χ0v) is 18.7. The van der Waals surface area contributed by atoms with Gasteiger partial charge in [0.1, 0.15) is 0 Å². The first-order valence-electron chi connectivity index (χ1n) is 10.2. The van der Waals surface area contributed by atoms with Crippen molar-refractivity contribution in [2.45, 2.75) is 45.1 Å². The molecule has 0 bridgehead atoms. The molecule has 0 radical (unpaired) electrons. The van der Waals surface area contributed by atoms with Crippen molar-refractivity contribution < 1.29 is 9.47 Å². The standard InChI is InChI=1S/C22H38N4O2/c1-8-26-13-9-10-18(26)15-25(5)21(23-4)24-16-22(2,3)17-11-12-19(27-6)20(14-17)28-7/h11-12,14,18H,8-10,13,15-16H2,1-7H3,(H,23,24). The SMILES string of the molecule is CCN1CCCC1CN(C)C(=NC)NCC(C)(C)c1ccc(OC)c(OC)c1. The maximum absolute atomic E-state index is 5.47. The molecule has 2 rings (SSSR count). The molecule has 0 spiro atoms. The second-order valence-electron chi connectivity index (χ2n) is 8.16. The van der Waals surface area contributed by atoms with E-state index in [1.807, 2.05) is 13.1 Å². The molecule has 0 amide bonds. The van der Waals surface area contributed by atoms with Crippen molar-refractivity contribution in [1.29, 1.82) is 0 Å². The predicted octanol–water partition coefficient (Wildman–Crippen LogP) is 2.97. The number of likely N-dealkylation sites (N-methyl/N-ethyl adjacent to an activating group) is 2. The lowest BCUT2D eigenvalue weighted by Gasteiger charge is -2.32. The summed E-state index contributed by atoms with van der Waals surface area (Å²) in [7, 11) is 7.32. The summed E-state index contributed by atoms with van der Waals surface area (Å²) in [4.78, 5) is 9.33. The molecule has 1 unspecified atom stereocenters. The Balaban J connectivity index is 2.01. The number of ether oxygens (including phenoxy) is 2. The van der Waals surface area contributed by atoms with E-state index in [0.29, 0.717) is 6.04 Å². The average molecular weight is 391 g/mol. The van der Waals surface area contributed by atoms with E-state index in [1.165, 1.54) is 24.9 Å². The lowest BCUT2D eigenvalue weighted by molar-refractivity contribution is 0.232. The van der Waals surface area contributed by atoms with E-state index in [-0.39, 0.29) is 5.41 Å². The molecule has 1 atom stereocenters. The van der Waals surface area contributed by atoms with Crippen molar-refractivity contribution in [1.82, 2.24) is 15.1 Å². The maximum atomic E-state index is 5.47. The van der Waals surface area contributed by atoms with E-state index in [4.69, 9.17) is 9.47 Å². The first-order valence-corrected chi connectivity index (χ1v) is 10.2. The summed E-state index contributed by atoms with van der Waals surface area (Å²) in [5.41, 5.74) is 1.11. The largest absolute Gasteiger partial charge is 0.493 e. The normalized spacial score (nSPS) is 18.2. The van der Waals surface area contributed by atoms with Gasteiger partial charge in [-0.1, -0.05) is 26.8 Å². The maximum Gasteiger partial charge on any atom is 0.193 e. The molecule has 0 aromatic heterocycles. The van der Waals surface area contributed by atoms with Gasteiger partial charge in [0.2, 0.25) is 0 Å². The van der Waals surface area contributed by atoms with Crippen LogP contribution < -0.4 is 14.8 Å². The zero-order chi connectivity index (χ0) is 20.7. The van der Waals surface area contributed by atoms with Crippen LogP contribution in [-0.2, 0) is 5.41 Å². The van der Waals surface area contributed by atoms with Crippen LogP contribution in [0.3, 0.4) is 0 Å². The van der Waals surface area contributed by atoms with Crippen molar-refractivity contribution in [2.75, 3.05) is 54.5 Å². The van der Waals surface area contributed by atoms with Gasteiger partial charge in [-0.25, -0.2) is 0 Å². The van der Waals surface area contributed by atoms with Gasteiger partial charge in [0, 0.05) is 38.6 Å². The van der Waals surface area contributed by atoms with E-state index in [0.717, 1.165) is 37.1 Å². The van der Waals surface area contributed by atoms with Crippen molar-refractivity contribution in [2.24, 2.45) is 4.99 Å². The number of methoxy groups -OCH3 is 2. The van der Waals surface area contributed by atoms with E-state index >= 15 is 0 Å². The molecule has 1 aliphatic heterocycles. The Labute approximate surface area is 170 Å². The molecule has 1 N–H and O–H groups in total. The Kier molecular flexibility index (Phi) is 7.98. The molecule has 1 fully saturated rings. The monoisotopic (exact) mass is 390 g/mol. The predicted molar refractivity (Wildman–Crippen MR) is 117 cm³/mol. The highest BCUT2D eigenvalue weighted by Crippen LogP contribution is 2.32. The number of rotatable bonds is 8. The van der Waals surface area contributed by atoms with Gasteiger partial charge in [0.15, 0.2) is 17.5 Å². The Hall–Kier alpha value is -1.95. The molecule has 6 nitrogen and oxygen atoms in total. The van der Waals surface area contributed by atoms with Crippen molar-refractivity contribution >= 4 is 5.96 Å².